The number of nitrogens with one attached hydrogen (secondary N) is 1. The maximum Gasteiger partial charge on any atom is 0.161 e. The van der Waals surface area contributed by atoms with Crippen molar-refractivity contribution in [2.24, 2.45) is 11.3 Å². The van der Waals surface area contributed by atoms with Crippen molar-refractivity contribution in [2.75, 3.05) is 26.8 Å². The molecule has 114 valence electrons. The van der Waals surface area contributed by atoms with Crippen LogP contribution in [0.1, 0.15) is 33.3 Å². The van der Waals surface area contributed by atoms with Crippen LogP contribution in [-0.4, -0.2) is 26.8 Å². The minimum Gasteiger partial charge on any atom is -0.493 e. The van der Waals surface area contributed by atoms with Crippen LogP contribution in [0.4, 0.5) is 0 Å². The summed E-state index contributed by atoms with van der Waals surface area (Å²) in [4.78, 5) is 0. The van der Waals surface area contributed by atoms with Crippen molar-refractivity contribution in [3.63, 3.8) is 0 Å². The fraction of sp³-hybridized carbons (Fsp3) is 0.647. The van der Waals surface area contributed by atoms with E-state index in [0.29, 0.717) is 12.5 Å². The predicted octanol–water partition coefficient (Wildman–Crippen LogP) is 3.65. The molecule has 0 aliphatic carbocycles. The highest BCUT2D eigenvalue weighted by Crippen LogP contribution is 2.29. The quantitative estimate of drug-likeness (QED) is 0.788. The van der Waals surface area contributed by atoms with E-state index in [2.05, 4.69) is 33.0 Å². The van der Waals surface area contributed by atoms with E-state index in [0.717, 1.165) is 24.6 Å². The van der Waals surface area contributed by atoms with Crippen molar-refractivity contribution in [2.45, 2.75) is 34.6 Å². The first-order valence-electron chi connectivity index (χ1n) is 7.32. The van der Waals surface area contributed by atoms with Gasteiger partial charge in [0.05, 0.1) is 13.7 Å². The molecule has 0 spiro atoms. The highest BCUT2D eigenvalue weighted by Gasteiger charge is 2.19. The highest BCUT2D eigenvalue weighted by atomic mass is 16.5. The Kier molecular flexibility index (Phi) is 6.34. The van der Waals surface area contributed by atoms with Crippen LogP contribution >= 0.6 is 0 Å². The third-order valence-corrected chi connectivity index (χ3v) is 3.09. The van der Waals surface area contributed by atoms with Gasteiger partial charge in [-0.05, 0) is 37.1 Å². The Morgan fingerprint density at radius 1 is 1.20 bits per heavy atom. The number of aryl methyl sites for hydroxylation is 1. The van der Waals surface area contributed by atoms with Crippen LogP contribution in [0.3, 0.4) is 0 Å². The molecular formula is C17H29NO2. The molecule has 0 amide bonds. The maximum atomic E-state index is 5.94. The van der Waals surface area contributed by atoms with Crippen molar-refractivity contribution >= 4 is 0 Å². The zero-order chi connectivity index (χ0) is 15.2. The van der Waals surface area contributed by atoms with Gasteiger partial charge in [-0.1, -0.05) is 33.8 Å². The van der Waals surface area contributed by atoms with E-state index in [9.17, 15) is 0 Å². The Morgan fingerprint density at radius 3 is 2.50 bits per heavy atom. The van der Waals surface area contributed by atoms with Gasteiger partial charge in [-0.2, -0.15) is 0 Å². The molecule has 0 unspecified atom stereocenters. The molecule has 1 N–H and O–H groups in total. The van der Waals surface area contributed by atoms with E-state index in [-0.39, 0.29) is 5.41 Å². The monoisotopic (exact) mass is 279 g/mol. The van der Waals surface area contributed by atoms with Crippen LogP contribution in [0, 0.1) is 18.3 Å². The topological polar surface area (TPSA) is 30.5 Å². The molecule has 0 bridgehead atoms. The molecule has 0 aromatic heterocycles. The molecule has 20 heavy (non-hydrogen) atoms. The molecule has 1 aromatic carbocycles. The first-order valence-corrected chi connectivity index (χ1v) is 7.32. The van der Waals surface area contributed by atoms with E-state index in [1.165, 1.54) is 5.56 Å². The third-order valence-electron chi connectivity index (χ3n) is 3.09. The molecule has 1 rings (SSSR count). The van der Waals surface area contributed by atoms with E-state index in [1.807, 2.05) is 25.1 Å². The summed E-state index contributed by atoms with van der Waals surface area (Å²) in [6, 6.07) is 6.02. The van der Waals surface area contributed by atoms with Crippen LogP contribution in [0.15, 0.2) is 18.2 Å². The average molecular weight is 279 g/mol. The lowest BCUT2D eigenvalue weighted by molar-refractivity contribution is 0.170. The summed E-state index contributed by atoms with van der Waals surface area (Å²) in [6.07, 6.45) is 0. The molecule has 0 aliphatic heterocycles. The minimum absolute atomic E-state index is 0.0881. The third kappa shape index (κ3) is 5.83. The Hall–Kier alpha value is -1.22. The summed E-state index contributed by atoms with van der Waals surface area (Å²) in [6.45, 7) is 13.5. The largest absolute Gasteiger partial charge is 0.493 e. The van der Waals surface area contributed by atoms with Crippen molar-refractivity contribution < 1.29 is 9.47 Å². The number of methoxy groups -OCH3 is 1. The molecule has 0 saturated heterocycles. The predicted molar refractivity (Wildman–Crippen MR) is 84.7 cm³/mol. The Labute approximate surface area is 123 Å². The summed E-state index contributed by atoms with van der Waals surface area (Å²) in [7, 11) is 1.68. The number of ether oxygens (including phenoxy) is 2. The molecule has 0 fully saturated rings. The van der Waals surface area contributed by atoms with E-state index in [1.54, 1.807) is 7.11 Å². The van der Waals surface area contributed by atoms with Gasteiger partial charge < -0.3 is 14.8 Å². The molecule has 0 aliphatic rings. The molecule has 3 nitrogen and oxygen atoms in total. The van der Waals surface area contributed by atoms with Crippen LogP contribution in [0.2, 0.25) is 0 Å². The summed E-state index contributed by atoms with van der Waals surface area (Å²) >= 11 is 0. The lowest BCUT2D eigenvalue weighted by Gasteiger charge is -2.26. The average Bonchev–Trinajstić information content (AvgIpc) is 2.36. The van der Waals surface area contributed by atoms with Gasteiger partial charge in [0, 0.05) is 12.0 Å². The van der Waals surface area contributed by atoms with E-state index >= 15 is 0 Å². The number of benzene rings is 1. The van der Waals surface area contributed by atoms with E-state index < -0.39 is 0 Å². The van der Waals surface area contributed by atoms with Gasteiger partial charge in [0.25, 0.3) is 0 Å². The Balaban J connectivity index is 2.53. The van der Waals surface area contributed by atoms with Gasteiger partial charge in [0.15, 0.2) is 11.5 Å². The number of hydrogen-bond acceptors (Lipinski definition) is 3. The summed E-state index contributed by atoms with van der Waals surface area (Å²) in [5.74, 6) is 2.29. The second kappa shape index (κ2) is 7.53. The Morgan fingerprint density at radius 2 is 1.90 bits per heavy atom. The fourth-order valence-electron chi connectivity index (χ4n) is 1.92. The van der Waals surface area contributed by atoms with Crippen molar-refractivity contribution in [3.8, 4) is 11.5 Å². The standard InChI is InChI=1S/C17H29NO2/c1-13(2)10-18-11-17(4,5)12-20-15-8-7-14(3)9-16(15)19-6/h7-9,13,18H,10-12H2,1-6H3. The summed E-state index contributed by atoms with van der Waals surface area (Å²) in [5, 5.41) is 3.49. The van der Waals surface area contributed by atoms with Crippen molar-refractivity contribution in [1.29, 1.82) is 0 Å². The van der Waals surface area contributed by atoms with E-state index in [4.69, 9.17) is 9.47 Å². The first kappa shape index (κ1) is 16.8. The lowest BCUT2D eigenvalue weighted by Crippen LogP contribution is -2.35. The molecule has 0 saturated carbocycles. The van der Waals surface area contributed by atoms with Crippen LogP contribution in [0.5, 0.6) is 11.5 Å². The van der Waals surface area contributed by atoms with Gasteiger partial charge in [0.1, 0.15) is 0 Å². The second-order valence-electron chi connectivity index (χ2n) is 6.63. The molecular weight excluding hydrogens is 250 g/mol. The van der Waals surface area contributed by atoms with Gasteiger partial charge >= 0.3 is 0 Å². The van der Waals surface area contributed by atoms with Gasteiger partial charge in [0.2, 0.25) is 0 Å². The number of hydrogen-bond donors (Lipinski definition) is 1. The van der Waals surface area contributed by atoms with Crippen LogP contribution in [-0.2, 0) is 0 Å². The first-order chi connectivity index (χ1) is 9.34. The SMILES string of the molecule is COc1cc(C)ccc1OCC(C)(C)CNCC(C)C. The number of rotatable bonds is 8. The van der Waals surface area contributed by atoms with Crippen molar-refractivity contribution in [1.82, 2.24) is 5.32 Å². The van der Waals surface area contributed by atoms with Gasteiger partial charge in [-0.25, -0.2) is 0 Å². The van der Waals surface area contributed by atoms with Crippen LogP contribution in [0.25, 0.3) is 0 Å². The Bertz CT molecular complexity index is 413. The smallest absolute Gasteiger partial charge is 0.161 e. The molecule has 1 aromatic rings. The lowest BCUT2D eigenvalue weighted by atomic mass is 9.94. The maximum absolute atomic E-state index is 5.94. The minimum atomic E-state index is 0.0881. The zero-order valence-corrected chi connectivity index (χ0v) is 13.7. The second-order valence-corrected chi connectivity index (χ2v) is 6.63. The van der Waals surface area contributed by atoms with Gasteiger partial charge in [-0.3, -0.25) is 0 Å². The normalized spacial score (nSPS) is 11.8. The van der Waals surface area contributed by atoms with Crippen molar-refractivity contribution in [3.05, 3.63) is 23.8 Å². The summed E-state index contributed by atoms with van der Waals surface area (Å²) in [5.41, 5.74) is 1.26. The molecule has 0 radical (unpaired) electrons. The molecule has 0 heterocycles. The zero-order valence-electron chi connectivity index (χ0n) is 13.7. The van der Waals surface area contributed by atoms with Gasteiger partial charge in [-0.15, -0.1) is 0 Å². The summed E-state index contributed by atoms with van der Waals surface area (Å²) < 4.78 is 11.3. The molecule has 0 atom stereocenters. The van der Waals surface area contributed by atoms with Crippen LogP contribution < -0.4 is 14.8 Å². The fourth-order valence-corrected chi connectivity index (χ4v) is 1.92. The highest BCUT2D eigenvalue weighted by molar-refractivity contribution is 5.42. The molecule has 3 heteroatoms.